The van der Waals surface area contributed by atoms with Crippen molar-refractivity contribution >= 4 is 23.6 Å². The number of imide groups is 1. The Bertz CT molecular complexity index is 543. The molecule has 0 aliphatic carbocycles. The number of nitrogens with zero attached hydrogens (tertiary/aromatic N) is 1. The van der Waals surface area contributed by atoms with Crippen LogP contribution in [0.15, 0.2) is 24.3 Å². The van der Waals surface area contributed by atoms with Crippen molar-refractivity contribution < 1.29 is 24.3 Å². The summed E-state index contributed by atoms with van der Waals surface area (Å²) in [5, 5.41) is 8.42. The van der Waals surface area contributed by atoms with E-state index < -0.39 is 23.6 Å². The van der Waals surface area contributed by atoms with E-state index in [1.165, 1.54) is 0 Å². The number of fused-ring (bicyclic) bond motifs is 1. The normalized spacial score (nSPS) is 13.6. The quantitative estimate of drug-likeness (QED) is 0.622. The molecule has 0 bridgehead atoms. The molecule has 2 rings (SSSR count). The van der Waals surface area contributed by atoms with Crippen molar-refractivity contribution in [3.8, 4) is 0 Å². The summed E-state index contributed by atoms with van der Waals surface area (Å²) in [4.78, 5) is 46.1. The van der Waals surface area contributed by atoms with Gasteiger partial charge >= 0.3 is 5.97 Å². The van der Waals surface area contributed by atoms with Crippen molar-refractivity contribution in [1.29, 1.82) is 0 Å². The van der Waals surface area contributed by atoms with E-state index in [0.717, 1.165) is 4.90 Å². The molecule has 19 heavy (non-hydrogen) atoms. The maximum Gasteiger partial charge on any atom is 0.372 e. The topological polar surface area (TPSA) is 91.8 Å². The lowest BCUT2D eigenvalue weighted by atomic mass is 10.1. The molecule has 0 aromatic heterocycles. The molecule has 0 spiro atoms. The summed E-state index contributed by atoms with van der Waals surface area (Å²) >= 11 is 0. The molecule has 6 heteroatoms. The molecule has 0 saturated carbocycles. The average molecular weight is 261 g/mol. The molecule has 0 radical (unpaired) electrons. The van der Waals surface area contributed by atoms with Gasteiger partial charge in [-0.25, -0.2) is 4.79 Å². The zero-order valence-electron chi connectivity index (χ0n) is 9.96. The summed E-state index contributed by atoms with van der Waals surface area (Å²) < 4.78 is 0. The van der Waals surface area contributed by atoms with Gasteiger partial charge in [0.2, 0.25) is 5.78 Å². The maximum atomic E-state index is 11.9. The van der Waals surface area contributed by atoms with E-state index in [1.54, 1.807) is 24.3 Å². The van der Waals surface area contributed by atoms with Gasteiger partial charge in [-0.1, -0.05) is 12.1 Å². The van der Waals surface area contributed by atoms with E-state index in [1.807, 2.05) is 0 Å². The molecule has 1 aliphatic rings. The predicted octanol–water partition coefficient (Wildman–Crippen LogP) is 0.716. The highest BCUT2D eigenvalue weighted by molar-refractivity contribution is 6.32. The Hall–Kier alpha value is -2.50. The highest BCUT2D eigenvalue weighted by atomic mass is 16.4. The van der Waals surface area contributed by atoms with Crippen LogP contribution in [0.5, 0.6) is 0 Å². The van der Waals surface area contributed by atoms with Crippen molar-refractivity contribution in [3.05, 3.63) is 35.4 Å². The third kappa shape index (κ3) is 2.37. The van der Waals surface area contributed by atoms with Crippen LogP contribution in [0.1, 0.15) is 33.6 Å². The second kappa shape index (κ2) is 5.01. The van der Waals surface area contributed by atoms with Gasteiger partial charge in [0.1, 0.15) is 0 Å². The van der Waals surface area contributed by atoms with Crippen LogP contribution in [0.3, 0.4) is 0 Å². The zero-order chi connectivity index (χ0) is 14.0. The van der Waals surface area contributed by atoms with Crippen LogP contribution in [-0.2, 0) is 9.59 Å². The number of amides is 2. The minimum Gasteiger partial charge on any atom is -0.476 e. The van der Waals surface area contributed by atoms with Crippen molar-refractivity contribution in [2.75, 3.05) is 6.54 Å². The molecule has 1 aromatic rings. The number of Topliss-reactive ketones (excluding diaryl/α,β-unsaturated/α-hetero) is 1. The molecule has 1 N–H and O–H groups in total. The number of carboxylic acid groups (broad SMARTS) is 1. The summed E-state index contributed by atoms with van der Waals surface area (Å²) in [5.41, 5.74) is 0.689. The standard InChI is InChI=1S/C13H11NO5/c15-10(13(18)19)6-3-7-14-11(16)8-4-1-2-5-9(8)12(14)17/h1-2,4-5H,3,6-7H2,(H,18,19). The molecule has 98 valence electrons. The second-order valence-electron chi connectivity index (χ2n) is 4.14. The van der Waals surface area contributed by atoms with Crippen LogP contribution in [0, 0.1) is 0 Å². The monoisotopic (exact) mass is 261 g/mol. The minimum absolute atomic E-state index is 0.0470. The van der Waals surface area contributed by atoms with Crippen LogP contribution in [0.4, 0.5) is 0 Å². The Kier molecular flexibility index (Phi) is 3.41. The number of carbonyl (C=O) groups is 4. The van der Waals surface area contributed by atoms with Gasteiger partial charge in [0.25, 0.3) is 11.8 Å². The first-order valence-electron chi connectivity index (χ1n) is 5.73. The molecule has 1 aromatic carbocycles. The van der Waals surface area contributed by atoms with E-state index in [0.29, 0.717) is 11.1 Å². The van der Waals surface area contributed by atoms with Gasteiger partial charge in [-0.2, -0.15) is 0 Å². The maximum absolute atomic E-state index is 11.9. The van der Waals surface area contributed by atoms with Crippen LogP contribution in [-0.4, -0.2) is 40.1 Å². The number of carboxylic acids is 1. The molecule has 0 unspecified atom stereocenters. The van der Waals surface area contributed by atoms with Crippen molar-refractivity contribution in [2.45, 2.75) is 12.8 Å². The van der Waals surface area contributed by atoms with Gasteiger partial charge in [0.05, 0.1) is 11.1 Å². The van der Waals surface area contributed by atoms with Crippen LogP contribution < -0.4 is 0 Å². The third-order valence-corrected chi connectivity index (χ3v) is 2.90. The highest BCUT2D eigenvalue weighted by Gasteiger charge is 2.34. The van der Waals surface area contributed by atoms with Gasteiger partial charge in [-0.3, -0.25) is 19.3 Å². The fourth-order valence-electron chi connectivity index (χ4n) is 1.95. The summed E-state index contributed by atoms with van der Waals surface area (Å²) in [6, 6.07) is 6.47. The summed E-state index contributed by atoms with van der Waals surface area (Å²) in [5.74, 6) is -3.22. The number of carbonyl (C=O) groups excluding carboxylic acids is 3. The fraction of sp³-hybridized carbons (Fsp3) is 0.231. The molecular weight excluding hydrogens is 250 g/mol. The minimum atomic E-state index is -1.50. The molecule has 0 atom stereocenters. The Morgan fingerprint density at radius 3 is 2.05 bits per heavy atom. The Balaban J connectivity index is 2.01. The van der Waals surface area contributed by atoms with E-state index in [2.05, 4.69) is 0 Å². The third-order valence-electron chi connectivity index (χ3n) is 2.90. The molecular formula is C13H11NO5. The number of ketones is 1. The fourth-order valence-corrected chi connectivity index (χ4v) is 1.95. The Labute approximate surface area is 108 Å². The predicted molar refractivity (Wildman–Crippen MR) is 63.7 cm³/mol. The molecule has 1 aliphatic heterocycles. The van der Waals surface area contributed by atoms with Gasteiger partial charge < -0.3 is 5.11 Å². The first-order chi connectivity index (χ1) is 9.02. The van der Waals surface area contributed by atoms with Gasteiger partial charge in [-0.05, 0) is 18.6 Å². The van der Waals surface area contributed by atoms with Crippen LogP contribution in [0.25, 0.3) is 0 Å². The lowest BCUT2D eigenvalue weighted by Crippen LogP contribution is -2.31. The Morgan fingerprint density at radius 2 is 1.58 bits per heavy atom. The number of benzene rings is 1. The summed E-state index contributed by atoms with van der Waals surface area (Å²) in [6.45, 7) is 0.0470. The van der Waals surface area contributed by atoms with E-state index in [9.17, 15) is 19.2 Å². The Morgan fingerprint density at radius 1 is 1.05 bits per heavy atom. The summed E-state index contributed by atoms with van der Waals surface area (Å²) in [6.07, 6.45) is -0.0423. The van der Waals surface area contributed by atoms with Crippen molar-refractivity contribution in [3.63, 3.8) is 0 Å². The molecule has 0 fully saturated rings. The highest BCUT2D eigenvalue weighted by Crippen LogP contribution is 2.22. The van der Waals surface area contributed by atoms with Gasteiger partial charge in [0.15, 0.2) is 0 Å². The van der Waals surface area contributed by atoms with E-state index >= 15 is 0 Å². The first kappa shape index (κ1) is 12.9. The van der Waals surface area contributed by atoms with Crippen molar-refractivity contribution in [1.82, 2.24) is 4.90 Å². The van der Waals surface area contributed by atoms with E-state index in [4.69, 9.17) is 5.11 Å². The van der Waals surface area contributed by atoms with Crippen LogP contribution in [0.2, 0.25) is 0 Å². The lowest BCUT2D eigenvalue weighted by Gasteiger charge is -2.12. The second-order valence-corrected chi connectivity index (χ2v) is 4.14. The van der Waals surface area contributed by atoms with Crippen LogP contribution >= 0.6 is 0 Å². The van der Waals surface area contributed by atoms with Gasteiger partial charge in [0, 0.05) is 13.0 Å². The molecule has 1 heterocycles. The molecule has 2 amide bonds. The zero-order valence-corrected chi connectivity index (χ0v) is 9.96. The molecule has 0 saturated heterocycles. The largest absolute Gasteiger partial charge is 0.476 e. The number of rotatable bonds is 5. The number of hydrogen-bond acceptors (Lipinski definition) is 4. The SMILES string of the molecule is O=C(O)C(=O)CCCN1C(=O)c2ccccc2C1=O. The molecule has 6 nitrogen and oxygen atoms in total. The number of hydrogen-bond donors (Lipinski definition) is 1. The van der Waals surface area contributed by atoms with Gasteiger partial charge in [-0.15, -0.1) is 0 Å². The average Bonchev–Trinajstić information content (AvgIpc) is 2.64. The first-order valence-corrected chi connectivity index (χ1v) is 5.73. The number of aliphatic carboxylic acids is 1. The van der Waals surface area contributed by atoms with Crippen molar-refractivity contribution in [2.24, 2.45) is 0 Å². The lowest BCUT2D eigenvalue weighted by molar-refractivity contribution is -0.149. The van der Waals surface area contributed by atoms with E-state index in [-0.39, 0.29) is 19.4 Å². The smallest absolute Gasteiger partial charge is 0.372 e. The summed E-state index contributed by atoms with van der Waals surface area (Å²) in [7, 11) is 0.